The predicted molar refractivity (Wildman–Crippen MR) is 74.0 cm³/mol. The molecule has 1 N–H and O–H groups in total. The summed E-state index contributed by atoms with van der Waals surface area (Å²) >= 11 is 0. The van der Waals surface area contributed by atoms with Crippen molar-refractivity contribution in [3.8, 4) is 5.75 Å². The second-order valence-corrected chi connectivity index (χ2v) is 4.35. The van der Waals surface area contributed by atoms with Crippen molar-refractivity contribution >= 4 is 0 Å². The summed E-state index contributed by atoms with van der Waals surface area (Å²) in [5.74, 6) is 0.729. The van der Waals surface area contributed by atoms with Crippen molar-refractivity contribution in [2.75, 3.05) is 0 Å². The quantitative estimate of drug-likeness (QED) is 0.868. The van der Waals surface area contributed by atoms with Crippen LogP contribution in [0, 0.1) is 0 Å². The second kappa shape index (κ2) is 6.38. The first-order valence-corrected chi connectivity index (χ1v) is 6.65. The molecular weight excluding hydrogens is 240 g/mol. The van der Waals surface area contributed by atoms with E-state index in [-0.39, 0.29) is 6.61 Å². The second-order valence-electron chi connectivity index (χ2n) is 4.35. The molecule has 2 rings (SSSR count). The van der Waals surface area contributed by atoms with Crippen molar-refractivity contribution in [2.24, 2.45) is 0 Å². The summed E-state index contributed by atoms with van der Waals surface area (Å²) in [5.41, 5.74) is 2.95. The maximum atomic E-state index is 9.26. The molecule has 0 spiro atoms. The van der Waals surface area contributed by atoms with E-state index >= 15 is 0 Å². The third-order valence-electron chi connectivity index (χ3n) is 3.09. The molecule has 0 atom stereocenters. The number of benzene rings is 1. The average molecular weight is 260 g/mol. The third-order valence-corrected chi connectivity index (χ3v) is 3.09. The number of hydrogen-bond donors (Lipinski definition) is 1. The van der Waals surface area contributed by atoms with Gasteiger partial charge in [-0.2, -0.15) is 5.10 Å². The average Bonchev–Trinajstić information content (AvgIpc) is 2.87. The van der Waals surface area contributed by atoms with Crippen LogP contribution in [-0.2, 0) is 26.2 Å². The van der Waals surface area contributed by atoms with Gasteiger partial charge in [0.1, 0.15) is 12.4 Å². The van der Waals surface area contributed by atoms with Gasteiger partial charge in [-0.3, -0.25) is 4.68 Å². The summed E-state index contributed by atoms with van der Waals surface area (Å²) < 4.78 is 7.75. The topological polar surface area (TPSA) is 47.3 Å². The number of aryl methyl sites for hydroxylation is 2. The Hall–Kier alpha value is -1.81. The van der Waals surface area contributed by atoms with E-state index in [1.54, 1.807) is 0 Å². The number of aliphatic hydroxyl groups excluding tert-OH is 1. The molecule has 4 heteroatoms. The highest BCUT2D eigenvalue weighted by atomic mass is 16.5. The Kier molecular flexibility index (Phi) is 4.58. The minimum atomic E-state index is -0.0105. The number of ether oxygens (including phenoxy) is 1. The van der Waals surface area contributed by atoms with Crippen LogP contribution in [0.25, 0.3) is 0 Å². The van der Waals surface area contributed by atoms with E-state index in [2.05, 4.69) is 25.0 Å². The number of hydrogen-bond acceptors (Lipinski definition) is 3. The third kappa shape index (κ3) is 3.15. The van der Waals surface area contributed by atoms with E-state index in [0.717, 1.165) is 35.7 Å². The lowest BCUT2D eigenvalue weighted by molar-refractivity contribution is 0.255. The van der Waals surface area contributed by atoms with Crippen molar-refractivity contribution in [3.63, 3.8) is 0 Å². The molecule has 0 bridgehead atoms. The lowest BCUT2D eigenvalue weighted by Crippen LogP contribution is -2.07. The van der Waals surface area contributed by atoms with Crippen molar-refractivity contribution in [3.05, 3.63) is 47.3 Å². The molecule has 19 heavy (non-hydrogen) atoms. The van der Waals surface area contributed by atoms with Gasteiger partial charge in [0, 0.05) is 12.1 Å². The van der Waals surface area contributed by atoms with Gasteiger partial charge in [0.25, 0.3) is 0 Å². The first kappa shape index (κ1) is 13.6. The van der Waals surface area contributed by atoms with Crippen LogP contribution in [0.2, 0.25) is 0 Å². The lowest BCUT2D eigenvalue weighted by Gasteiger charge is -2.10. The number of para-hydroxylation sites is 1. The Balaban J connectivity index is 2.11. The molecule has 0 aliphatic carbocycles. The number of rotatable bonds is 6. The molecule has 0 aliphatic heterocycles. The van der Waals surface area contributed by atoms with Crippen LogP contribution in [0.5, 0.6) is 5.75 Å². The summed E-state index contributed by atoms with van der Waals surface area (Å²) in [6, 6.07) is 9.61. The van der Waals surface area contributed by atoms with Gasteiger partial charge < -0.3 is 9.84 Å². The maximum Gasteiger partial charge on any atom is 0.130 e. The summed E-state index contributed by atoms with van der Waals surface area (Å²) in [4.78, 5) is 0. The molecule has 2 aromatic rings. The van der Waals surface area contributed by atoms with Crippen molar-refractivity contribution < 1.29 is 9.84 Å². The molecule has 0 unspecified atom stereocenters. The van der Waals surface area contributed by atoms with Crippen LogP contribution in [0.4, 0.5) is 0 Å². The SMILES string of the molecule is CCc1cc(COc2ccccc2CO)n(CC)n1. The van der Waals surface area contributed by atoms with Crippen molar-refractivity contribution in [1.29, 1.82) is 0 Å². The monoisotopic (exact) mass is 260 g/mol. The van der Waals surface area contributed by atoms with Crippen LogP contribution in [0.3, 0.4) is 0 Å². The van der Waals surface area contributed by atoms with E-state index in [1.165, 1.54) is 0 Å². The van der Waals surface area contributed by atoms with Crippen molar-refractivity contribution in [1.82, 2.24) is 9.78 Å². The fraction of sp³-hybridized carbons (Fsp3) is 0.400. The summed E-state index contributed by atoms with van der Waals surface area (Å²) in [7, 11) is 0. The van der Waals surface area contributed by atoms with Gasteiger partial charge in [0.05, 0.1) is 18.0 Å². The zero-order valence-electron chi connectivity index (χ0n) is 11.5. The smallest absolute Gasteiger partial charge is 0.130 e. The number of nitrogens with zero attached hydrogens (tertiary/aromatic N) is 2. The Labute approximate surface area is 113 Å². The number of aromatic nitrogens is 2. The largest absolute Gasteiger partial charge is 0.487 e. The molecular formula is C15H20N2O2. The van der Waals surface area contributed by atoms with E-state index in [1.807, 2.05) is 28.9 Å². The van der Waals surface area contributed by atoms with Crippen LogP contribution in [0.15, 0.2) is 30.3 Å². The Morgan fingerprint density at radius 3 is 2.74 bits per heavy atom. The fourth-order valence-corrected chi connectivity index (χ4v) is 2.00. The standard InChI is InChI=1S/C15H20N2O2/c1-3-13-9-14(17(4-2)16-13)11-19-15-8-6-5-7-12(15)10-18/h5-9,18H,3-4,10-11H2,1-2H3. The molecule has 0 radical (unpaired) electrons. The normalized spacial score (nSPS) is 10.7. The van der Waals surface area contributed by atoms with Crippen LogP contribution >= 0.6 is 0 Å². The molecule has 1 aromatic heterocycles. The minimum Gasteiger partial charge on any atom is -0.487 e. The molecule has 0 fully saturated rings. The highest BCUT2D eigenvalue weighted by Crippen LogP contribution is 2.19. The summed E-state index contributed by atoms with van der Waals surface area (Å²) in [6.45, 7) is 5.45. The Morgan fingerprint density at radius 2 is 2.05 bits per heavy atom. The molecule has 0 saturated heterocycles. The maximum absolute atomic E-state index is 9.26. The van der Waals surface area contributed by atoms with Crippen molar-refractivity contribution in [2.45, 2.75) is 40.0 Å². The van der Waals surface area contributed by atoms with Gasteiger partial charge in [-0.05, 0) is 25.5 Å². The van der Waals surface area contributed by atoms with Crippen LogP contribution in [0.1, 0.15) is 30.8 Å². The van der Waals surface area contributed by atoms with Gasteiger partial charge in [-0.1, -0.05) is 25.1 Å². The predicted octanol–water partition coefficient (Wildman–Crippen LogP) is 2.54. The highest BCUT2D eigenvalue weighted by molar-refractivity contribution is 5.32. The molecule has 102 valence electrons. The lowest BCUT2D eigenvalue weighted by atomic mass is 10.2. The first-order valence-electron chi connectivity index (χ1n) is 6.65. The zero-order chi connectivity index (χ0) is 13.7. The molecule has 1 aromatic carbocycles. The number of aliphatic hydroxyl groups is 1. The van der Waals surface area contributed by atoms with Gasteiger partial charge in [-0.25, -0.2) is 0 Å². The Bertz CT molecular complexity index is 535. The van der Waals surface area contributed by atoms with E-state index in [9.17, 15) is 5.11 Å². The Morgan fingerprint density at radius 1 is 1.26 bits per heavy atom. The summed E-state index contributed by atoms with van der Waals surface area (Å²) in [5, 5.41) is 13.8. The van der Waals surface area contributed by atoms with Gasteiger partial charge >= 0.3 is 0 Å². The molecule has 0 saturated carbocycles. The zero-order valence-corrected chi connectivity index (χ0v) is 11.5. The minimum absolute atomic E-state index is 0.0105. The van der Waals surface area contributed by atoms with Crippen LogP contribution < -0.4 is 4.74 Å². The fourth-order valence-electron chi connectivity index (χ4n) is 2.00. The van der Waals surface area contributed by atoms with E-state index in [0.29, 0.717) is 6.61 Å². The van der Waals surface area contributed by atoms with Crippen LogP contribution in [-0.4, -0.2) is 14.9 Å². The van der Waals surface area contributed by atoms with E-state index in [4.69, 9.17) is 4.74 Å². The summed E-state index contributed by atoms with van der Waals surface area (Å²) in [6.07, 6.45) is 0.924. The van der Waals surface area contributed by atoms with Gasteiger partial charge in [-0.15, -0.1) is 0 Å². The van der Waals surface area contributed by atoms with Gasteiger partial charge in [0.15, 0.2) is 0 Å². The van der Waals surface area contributed by atoms with E-state index < -0.39 is 0 Å². The molecule has 4 nitrogen and oxygen atoms in total. The molecule has 0 amide bonds. The highest BCUT2D eigenvalue weighted by Gasteiger charge is 2.08. The van der Waals surface area contributed by atoms with Gasteiger partial charge in [0.2, 0.25) is 0 Å². The molecule has 1 heterocycles. The molecule has 0 aliphatic rings. The first-order chi connectivity index (χ1) is 9.28.